The molecule has 1 unspecified atom stereocenters. The maximum atomic E-state index is 13.0. The molecule has 0 aliphatic carbocycles. The third-order valence-electron chi connectivity index (χ3n) is 6.22. The minimum absolute atomic E-state index is 0.0808. The van der Waals surface area contributed by atoms with Crippen molar-refractivity contribution in [1.82, 2.24) is 10.6 Å². The van der Waals surface area contributed by atoms with E-state index in [0.717, 1.165) is 0 Å². The highest BCUT2D eigenvalue weighted by Crippen LogP contribution is 2.30. The Hall–Kier alpha value is -2.98. The van der Waals surface area contributed by atoms with E-state index in [1.165, 1.54) is 13.0 Å². The Morgan fingerprint density at radius 1 is 1.15 bits per heavy atom. The van der Waals surface area contributed by atoms with Crippen LogP contribution in [-0.4, -0.2) is 70.3 Å². The molecule has 1 saturated heterocycles. The summed E-state index contributed by atoms with van der Waals surface area (Å²) in [7, 11) is 0. The number of ether oxygens (including phenoxy) is 2. The number of hydrogen-bond donors (Lipinski definition) is 4. The van der Waals surface area contributed by atoms with Crippen molar-refractivity contribution in [3.63, 3.8) is 0 Å². The monoisotopic (exact) mass is 476 g/mol. The number of aliphatic hydroxyl groups is 1. The Bertz CT molecular complexity index is 962. The van der Waals surface area contributed by atoms with Crippen LogP contribution in [0.15, 0.2) is 18.2 Å². The van der Waals surface area contributed by atoms with Gasteiger partial charge in [0.2, 0.25) is 0 Å². The van der Waals surface area contributed by atoms with Gasteiger partial charge in [0.15, 0.2) is 12.2 Å². The molecule has 0 saturated carbocycles. The standard InChI is InChI=1S/C24H32N2O8/c1-11(2)8-15(18-9-14-6-5-7-17(28)20(14)24(32)33-18)26-23(31)21(30)22-16(10-19(29)34-22)25-12(3)13(4)27/h5-7,11-12,15-16,18,21-22,25,28,30H,8-10H2,1-4H3,(H,26,31)/t12?,15-,16-,18-,21-,22-/m0/s1. The molecule has 34 heavy (non-hydrogen) atoms. The third kappa shape index (κ3) is 5.74. The van der Waals surface area contributed by atoms with E-state index in [2.05, 4.69) is 10.6 Å². The molecule has 1 aromatic rings. The number of hydrogen-bond acceptors (Lipinski definition) is 9. The molecular formula is C24H32N2O8. The van der Waals surface area contributed by atoms with Crippen molar-refractivity contribution in [1.29, 1.82) is 0 Å². The van der Waals surface area contributed by atoms with E-state index in [1.54, 1.807) is 19.1 Å². The van der Waals surface area contributed by atoms with E-state index < -0.39 is 54.3 Å². The number of aliphatic hydroxyl groups excluding tert-OH is 1. The number of amides is 1. The molecule has 0 radical (unpaired) electrons. The molecule has 1 fully saturated rings. The van der Waals surface area contributed by atoms with Gasteiger partial charge >= 0.3 is 11.9 Å². The molecule has 186 valence electrons. The van der Waals surface area contributed by atoms with Crippen LogP contribution in [0.2, 0.25) is 0 Å². The summed E-state index contributed by atoms with van der Waals surface area (Å²) in [6, 6.07) is 2.84. The quantitative estimate of drug-likeness (QED) is 0.376. The van der Waals surface area contributed by atoms with Crippen molar-refractivity contribution in [3.05, 3.63) is 29.3 Å². The van der Waals surface area contributed by atoms with Gasteiger partial charge in [-0.1, -0.05) is 26.0 Å². The lowest BCUT2D eigenvalue weighted by Crippen LogP contribution is -2.56. The van der Waals surface area contributed by atoms with Crippen LogP contribution in [0.1, 0.15) is 56.5 Å². The van der Waals surface area contributed by atoms with Crippen LogP contribution < -0.4 is 10.6 Å². The fourth-order valence-electron chi connectivity index (χ4n) is 4.35. The number of cyclic esters (lactones) is 2. The predicted octanol–water partition coefficient (Wildman–Crippen LogP) is 0.617. The first-order valence-corrected chi connectivity index (χ1v) is 11.4. The molecule has 6 atom stereocenters. The summed E-state index contributed by atoms with van der Waals surface area (Å²) < 4.78 is 10.7. The number of carbonyl (C=O) groups excluding carboxylic acids is 4. The average Bonchev–Trinajstić information content (AvgIpc) is 3.11. The molecule has 4 N–H and O–H groups in total. The number of phenols is 1. The van der Waals surface area contributed by atoms with Gasteiger partial charge in [0, 0.05) is 6.42 Å². The van der Waals surface area contributed by atoms with Crippen molar-refractivity contribution in [2.45, 2.75) is 83.4 Å². The zero-order chi connectivity index (χ0) is 25.2. The molecule has 2 aliphatic rings. The molecule has 0 bridgehead atoms. The number of nitrogens with one attached hydrogen (secondary N) is 2. The Labute approximate surface area is 198 Å². The lowest BCUT2D eigenvalue weighted by Gasteiger charge is -2.34. The van der Waals surface area contributed by atoms with Crippen LogP contribution in [0.5, 0.6) is 5.75 Å². The normalized spacial score (nSPS) is 24.6. The van der Waals surface area contributed by atoms with Gasteiger partial charge in [-0.15, -0.1) is 0 Å². The fourth-order valence-corrected chi connectivity index (χ4v) is 4.35. The summed E-state index contributed by atoms with van der Waals surface area (Å²) in [5.74, 6) is -2.23. The van der Waals surface area contributed by atoms with Gasteiger partial charge in [-0.2, -0.15) is 0 Å². The Balaban J connectivity index is 1.74. The van der Waals surface area contributed by atoms with Gasteiger partial charge in [-0.25, -0.2) is 4.79 Å². The fraction of sp³-hybridized carbons (Fsp3) is 0.583. The molecule has 0 spiro atoms. The molecule has 0 aromatic heterocycles. The summed E-state index contributed by atoms with van der Waals surface area (Å²) in [6.45, 7) is 6.91. The SMILES string of the molecule is CC(=O)C(C)N[C@H]1CC(=O)O[C@@H]1[C@H](O)C(=O)N[C@@H](CC(C)C)[C@@H]1Cc2cccc(O)c2C(=O)O1. The van der Waals surface area contributed by atoms with E-state index in [9.17, 15) is 29.4 Å². The molecule has 2 aliphatic heterocycles. The molecule has 1 amide bonds. The Morgan fingerprint density at radius 3 is 2.50 bits per heavy atom. The summed E-state index contributed by atoms with van der Waals surface area (Å²) in [4.78, 5) is 49.0. The van der Waals surface area contributed by atoms with Crippen LogP contribution >= 0.6 is 0 Å². The first kappa shape index (κ1) is 25.6. The summed E-state index contributed by atoms with van der Waals surface area (Å²) in [5, 5.41) is 26.4. The minimum atomic E-state index is -1.69. The van der Waals surface area contributed by atoms with Gasteiger partial charge in [-0.3, -0.25) is 14.4 Å². The van der Waals surface area contributed by atoms with Gasteiger partial charge < -0.3 is 30.3 Å². The van der Waals surface area contributed by atoms with Crippen molar-refractivity contribution in [2.24, 2.45) is 5.92 Å². The number of ketones is 1. The van der Waals surface area contributed by atoms with E-state index >= 15 is 0 Å². The number of rotatable bonds is 9. The van der Waals surface area contributed by atoms with Crippen LogP contribution in [0.3, 0.4) is 0 Å². The average molecular weight is 477 g/mol. The number of phenolic OH excluding ortho intramolecular Hbond substituents is 1. The molecule has 10 nitrogen and oxygen atoms in total. The number of aromatic hydroxyl groups is 1. The first-order chi connectivity index (χ1) is 16.0. The van der Waals surface area contributed by atoms with E-state index in [-0.39, 0.29) is 35.9 Å². The second-order valence-electron chi connectivity index (χ2n) is 9.41. The highest BCUT2D eigenvalue weighted by molar-refractivity contribution is 5.95. The summed E-state index contributed by atoms with van der Waals surface area (Å²) in [6.07, 6.45) is -2.91. The zero-order valence-corrected chi connectivity index (χ0v) is 19.7. The predicted molar refractivity (Wildman–Crippen MR) is 120 cm³/mol. The maximum Gasteiger partial charge on any atom is 0.342 e. The second-order valence-corrected chi connectivity index (χ2v) is 9.41. The Kier molecular flexibility index (Phi) is 7.93. The minimum Gasteiger partial charge on any atom is -0.507 e. The number of esters is 2. The van der Waals surface area contributed by atoms with Crippen molar-refractivity contribution in [2.75, 3.05) is 0 Å². The van der Waals surface area contributed by atoms with E-state index in [4.69, 9.17) is 9.47 Å². The lowest BCUT2D eigenvalue weighted by molar-refractivity contribution is -0.150. The zero-order valence-electron chi connectivity index (χ0n) is 19.7. The first-order valence-electron chi connectivity index (χ1n) is 11.4. The van der Waals surface area contributed by atoms with Gasteiger partial charge in [0.05, 0.1) is 24.5 Å². The van der Waals surface area contributed by atoms with E-state index in [1.807, 2.05) is 13.8 Å². The summed E-state index contributed by atoms with van der Waals surface area (Å²) >= 11 is 0. The van der Waals surface area contributed by atoms with Gasteiger partial charge in [0.1, 0.15) is 23.2 Å². The third-order valence-corrected chi connectivity index (χ3v) is 6.22. The molecule has 10 heteroatoms. The molecule has 3 rings (SSSR count). The largest absolute Gasteiger partial charge is 0.507 e. The van der Waals surface area contributed by atoms with Gasteiger partial charge in [0.25, 0.3) is 5.91 Å². The number of benzene rings is 1. The van der Waals surface area contributed by atoms with Crippen molar-refractivity contribution in [3.8, 4) is 5.75 Å². The molecular weight excluding hydrogens is 444 g/mol. The van der Waals surface area contributed by atoms with Crippen LogP contribution in [0.25, 0.3) is 0 Å². The van der Waals surface area contributed by atoms with E-state index in [0.29, 0.717) is 12.0 Å². The smallest absolute Gasteiger partial charge is 0.342 e. The highest BCUT2D eigenvalue weighted by atomic mass is 16.6. The van der Waals surface area contributed by atoms with Gasteiger partial charge in [-0.05, 0) is 37.8 Å². The van der Waals surface area contributed by atoms with Crippen LogP contribution in [-0.2, 0) is 30.3 Å². The van der Waals surface area contributed by atoms with Crippen molar-refractivity contribution >= 4 is 23.6 Å². The number of Topliss-reactive ketones (excluding diaryl/α,β-unsaturated/α-hetero) is 1. The number of carbonyl (C=O) groups is 4. The van der Waals surface area contributed by atoms with Crippen LogP contribution in [0.4, 0.5) is 0 Å². The summed E-state index contributed by atoms with van der Waals surface area (Å²) in [5.41, 5.74) is 0.719. The van der Waals surface area contributed by atoms with Crippen molar-refractivity contribution < 1.29 is 38.9 Å². The lowest BCUT2D eigenvalue weighted by atomic mass is 9.90. The van der Waals surface area contributed by atoms with Crippen LogP contribution in [0, 0.1) is 5.92 Å². The highest BCUT2D eigenvalue weighted by Gasteiger charge is 2.44. The Morgan fingerprint density at radius 2 is 1.85 bits per heavy atom. The topological polar surface area (TPSA) is 151 Å². The second kappa shape index (κ2) is 10.5. The molecule has 1 aromatic carbocycles. The maximum absolute atomic E-state index is 13.0. The number of fused-ring (bicyclic) bond motifs is 1. The molecule has 2 heterocycles.